The van der Waals surface area contributed by atoms with Gasteiger partial charge in [0, 0.05) is 10.7 Å². The van der Waals surface area contributed by atoms with Gasteiger partial charge < -0.3 is 15.4 Å². The van der Waals surface area contributed by atoms with Crippen LogP contribution < -0.4 is 15.4 Å². The number of benzene rings is 2. The van der Waals surface area contributed by atoms with Gasteiger partial charge in [-0.05, 0) is 61.4 Å². The van der Waals surface area contributed by atoms with E-state index in [0.717, 1.165) is 11.1 Å². The van der Waals surface area contributed by atoms with Gasteiger partial charge in [-0.15, -0.1) is 0 Å². The van der Waals surface area contributed by atoms with Crippen molar-refractivity contribution in [2.45, 2.75) is 18.7 Å². The summed E-state index contributed by atoms with van der Waals surface area (Å²) in [5.41, 5.74) is 2.11. The van der Waals surface area contributed by atoms with Gasteiger partial charge >= 0.3 is 6.03 Å². The molecular formula is C16H17ClN2O5S. The van der Waals surface area contributed by atoms with Gasteiger partial charge in [0.15, 0.2) is 6.73 Å². The third-order valence-electron chi connectivity index (χ3n) is 3.29. The minimum Gasteiger partial charge on any atom is -0.473 e. The lowest BCUT2D eigenvalue weighted by Gasteiger charge is -2.11. The van der Waals surface area contributed by atoms with Gasteiger partial charge in [-0.2, -0.15) is 8.42 Å². The number of hydrogen-bond acceptors (Lipinski definition) is 4. The molecule has 2 aromatic carbocycles. The van der Waals surface area contributed by atoms with Crippen LogP contribution in [-0.2, 0) is 10.1 Å². The lowest BCUT2D eigenvalue weighted by molar-refractivity contribution is 0.234. The van der Waals surface area contributed by atoms with Crippen molar-refractivity contribution in [1.82, 2.24) is 5.32 Å². The number of rotatable bonds is 5. The number of anilines is 1. The molecule has 0 unspecified atom stereocenters. The van der Waals surface area contributed by atoms with Crippen LogP contribution in [0.5, 0.6) is 5.75 Å². The molecule has 0 heterocycles. The molecule has 0 saturated carbocycles. The summed E-state index contributed by atoms with van der Waals surface area (Å²) >= 11 is 6.08. The molecule has 2 aromatic rings. The number of halogens is 1. The fourth-order valence-corrected chi connectivity index (χ4v) is 2.65. The molecule has 0 aromatic heterocycles. The highest BCUT2D eigenvalue weighted by Crippen LogP contribution is 2.25. The van der Waals surface area contributed by atoms with Crippen molar-refractivity contribution in [2.75, 3.05) is 12.0 Å². The Kier molecular flexibility index (Phi) is 5.89. The van der Waals surface area contributed by atoms with E-state index in [0.29, 0.717) is 16.5 Å². The molecule has 25 heavy (non-hydrogen) atoms. The lowest BCUT2D eigenvalue weighted by Crippen LogP contribution is -2.32. The number of amides is 2. The molecule has 2 rings (SSSR count). The van der Waals surface area contributed by atoms with Crippen LogP contribution in [0.4, 0.5) is 10.5 Å². The largest absolute Gasteiger partial charge is 0.473 e. The van der Waals surface area contributed by atoms with E-state index >= 15 is 0 Å². The Labute approximate surface area is 150 Å². The maximum absolute atomic E-state index is 11.8. The van der Waals surface area contributed by atoms with E-state index in [2.05, 4.69) is 10.6 Å². The lowest BCUT2D eigenvalue weighted by atomic mass is 10.1. The van der Waals surface area contributed by atoms with Gasteiger partial charge in [0.05, 0.1) is 4.90 Å². The van der Waals surface area contributed by atoms with Gasteiger partial charge in [0.25, 0.3) is 10.1 Å². The second-order valence-corrected chi connectivity index (χ2v) is 7.09. The van der Waals surface area contributed by atoms with E-state index in [1.165, 1.54) is 24.3 Å². The molecule has 7 nitrogen and oxygen atoms in total. The molecule has 0 bridgehead atoms. The van der Waals surface area contributed by atoms with Crippen molar-refractivity contribution in [3.63, 3.8) is 0 Å². The summed E-state index contributed by atoms with van der Waals surface area (Å²) in [6.45, 7) is 3.66. The quantitative estimate of drug-likeness (QED) is 0.541. The van der Waals surface area contributed by atoms with Crippen molar-refractivity contribution in [3.8, 4) is 5.75 Å². The molecular weight excluding hydrogens is 368 g/mol. The Bertz CT molecular complexity index is 859. The topological polar surface area (TPSA) is 105 Å². The summed E-state index contributed by atoms with van der Waals surface area (Å²) in [6, 6.07) is 8.08. The van der Waals surface area contributed by atoms with Crippen LogP contribution in [0.3, 0.4) is 0 Å². The minimum atomic E-state index is -4.26. The molecule has 0 atom stereocenters. The molecule has 0 aliphatic rings. The van der Waals surface area contributed by atoms with Gasteiger partial charge in [-0.3, -0.25) is 4.55 Å². The number of hydrogen-bond donors (Lipinski definition) is 3. The summed E-state index contributed by atoms with van der Waals surface area (Å²) < 4.78 is 36.2. The summed E-state index contributed by atoms with van der Waals surface area (Å²) in [5, 5.41) is 5.69. The Balaban J connectivity index is 1.87. The maximum atomic E-state index is 11.8. The first kappa shape index (κ1) is 19.0. The second kappa shape index (κ2) is 7.73. The second-order valence-electron chi connectivity index (χ2n) is 5.29. The fraction of sp³-hybridized carbons (Fsp3) is 0.188. The summed E-state index contributed by atoms with van der Waals surface area (Å²) in [7, 11) is -4.26. The van der Waals surface area contributed by atoms with Crippen LogP contribution in [0.25, 0.3) is 0 Å². The van der Waals surface area contributed by atoms with E-state index in [9.17, 15) is 13.2 Å². The highest BCUT2D eigenvalue weighted by Gasteiger charge is 2.09. The molecule has 2 amide bonds. The Morgan fingerprint density at radius 2 is 1.72 bits per heavy atom. The maximum Gasteiger partial charge on any atom is 0.321 e. The zero-order valence-electron chi connectivity index (χ0n) is 13.5. The van der Waals surface area contributed by atoms with E-state index in [1.807, 2.05) is 13.8 Å². The van der Waals surface area contributed by atoms with Gasteiger partial charge in [-0.1, -0.05) is 11.6 Å². The van der Waals surface area contributed by atoms with Crippen LogP contribution in [0.2, 0.25) is 5.02 Å². The van der Waals surface area contributed by atoms with Crippen LogP contribution in [0.1, 0.15) is 11.1 Å². The van der Waals surface area contributed by atoms with Crippen molar-refractivity contribution >= 4 is 33.4 Å². The molecule has 0 fully saturated rings. The molecule has 0 saturated heterocycles. The number of urea groups is 1. The molecule has 0 spiro atoms. The van der Waals surface area contributed by atoms with Crippen LogP contribution in [0, 0.1) is 13.8 Å². The number of aryl methyl sites for hydroxylation is 2. The summed E-state index contributed by atoms with van der Waals surface area (Å²) in [6.07, 6.45) is 0. The van der Waals surface area contributed by atoms with Crippen LogP contribution in [0.15, 0.2) is 41.3 Å². The van der Waals surface area contributed by atoms with E-state index in [1.54, 1.807) is 12.1 Å². The Hall–Kier alpha value is -2.29. The third kappa shape index (κ3) is 5.35. The van der Waals surface area contributed by atoms with E-state index in [-0.39, 0.29) is 11.6 Å². The van der Waals surface area contributed by atoms with Crippen LogP contribution >= 0.6 is 11.6 Å². The zero-order valence-corrected chi connectivity index (χ0v) is 15.1. The molecule has 134 valence electrons. The number of ether oxygens (including phenoxy) is 1. The van der Waals surface area contributed by atoms with Crippen molar-refractivity contribution < 1.29 is 22.5 Å². The third-order valence-corrected chi connectivity index (χ3v) is 4.76. The van der Waals surface area contributed by atoms with Gasteiger partial charge in [-0.25, -0.2) is 4.79 Å². The predicted molar refractivity (Wildman–Crippen MR) is 94.8 cm³/mol. The molecule has 0 aliphatic carbocycles. The van der Waals surface area contributed by atoms with Crippen molar-refractivity contribution in [1.29, 1.82) is 0 Å². The van der Waals surface area contributed by atoms with Gasteiger partial charge in [0.1, 0.15) is 5.75 Å². The molecule has 0 radical (unpaired) electrons. The van der Waals surface area contributed by atoms with Gasteiger partial charge in [0.2, 0.25) is 0 Å². The van der Waals surface area contributed by atoms with Crippen molar-refractivity contribution in [2.24, 2.45) is 0 Å². The first-order valence-electron chi connectivity index (χ1n) is 7.19. The highest BCUT2D eigenvalue weighted by atomic mass is 35.5. The smallest absolute Gasteiger partial charge is 0.321 e. The normalized spacial score (nSPS) is 11.0. The minimum absolute atomic E-state index is 0.0601. The SMILES string of the molecule is Cc1cc(OCNC(=O)Nc2ccc(S(=O)(=O)O)cc2)cc(C)c1Cl. The summed E-state index contributed by atoms with van der Waals surface area (Å²) in [4.78, 5) is 11.5. The standard InChI is InChI=1S/C16H17ClN2O5S/c1-10-7-13(8-11(2)15(10)17)24-9-18-16(20)19-12-3-5-14(6-4-12)25(21,22)23/h3-8H,9H2,1-2H3,(H2,18,19,20)(H,21,22,23). The number of carbonyl (C=O) groups is 1. The average molecular weight is 385 g/mol. The number of nitrogens with one attached hydrogen (secondary N) is 2. The number of carbonyl (C=O) groups excluding carboxylic acids is 1. The van der Waals surface area contributed by atoms with Crippen LogP contribution in [-0.4, -0.2) is 25.7 Å². The van der Waals surface area contributed by atoms with Crippen molar-refractivity contribution in [3.05, 3.63) is 52.5 Å². The molecule has 3 N–H and O–H groups in total. The Morgan fingerprint density at radius 1 is 1.16 bits per heavy atom. The fourth-order valence-electron chi connectivity index (χ4n) is 2.06. The predicted octanol–water partition coefficient (Wildman–Crippen LogP) is 3.36. The first-order valence-corrected chi connectivity index (χ1v) is 9.00. The average Bonchev–Trinajstić information content (AvgIpc) is 2.52. The molecule has 0 aliphatic heterocycles. The Morgan fingerprint density at radius 3 is 2.24 bits per heavy atom. The van der Waals surface area contributed by atoms with E-state index < -0.39 is 16.1 Å². The first-order chi connectivity index (χ1) is 11.7. The summed E-state index contributed by atoms with van der Waals surface area (Å²) in [5.74, 6) is 0.581. The zero-order chi connectivity index (χ0) is 18.6. The van der Waals surface area contributed by atoms with E-state index in [4.69, 9.17) is 20.9 Å². The monoisotopic (exact) mass is 384 g/mol. The highest BCUT2D eigenvalue weighted by molar-refractivity contribution is 7.85. The molecule has 9 heteroatoms.